The van der Waals surface area contributed by atoms with Crippen LogP contribution >= 0.6 is 11.3 Å². The van der Waals surface area contributed by atoms with Crippen LogP contribution in [-0.4, -0.2) is 24.7 Å². The number of halogens is 5. The minimum absolute atomic E-state index is 0.169. The van der Waals surface area contributed by atoms with Crippen LogP contribution in [0.1, 0.15) is 17.1 Å². The minimum Gasteiger partial charge on any atom is -0.383 e. The maximum atomic E-state index is 13.3. The average molecular weight is 362 g/mol. The summed E-state index contributed by atoms with van der Waals surface area (Å²) in [4.78, 5) is 10.8. The van der Waals surface area contributed by atoms with E-state index in [4.69, 9.17) is 5.73 Å². The molecule has 3 aromatic heterocycles. The van der Waals surface area contributed by atoms with Crippen molar-refractivity contribution < 1.29 is 22.0 Å². The summed E-state index contributed by atoms with van der Waals surface area (Å²) in [7, 11) is 0. The molecule has 3 aromatic rings. The predicted molar refractivity (Wildman–Crippen MR) is 74.6 cm³/mol. The second kappa shape index (κ2) is 5.78. The zero-order chi connectivity index (χ0) is 17.5. The monoisotopic (exact) mass is 362 g/mol. The molecule has 12 heteroatoms. The summed E-state index contributed by atoms with van der Waals surface area (Å²) in [5.74, 6) is -0.594. The van der Waals surface area contributed by atoms with Gasteiger partial charge in [0.1, 0.15) is 5.82 Å². The van der Waals surface area contributed by atoms with Crippen LogP contribution in [0.3, 0.4) is 0 Å². The van der Waals surface area contributed by atoms with E-state index in [9.17, 15) is 22.0 Å². The maximum Gasteiger partial charge on any atom is 0.435 e. The van der Waals surface area contributed by atoms with Gasteiger partial charge in [-0.1, -0.05) is 0 Å². The van der Waals surface area contributed by atoms with Crippen LogP contribution in [0, 0.1) is 0 Å². The van der Waals surface area contributed by atoms with E-state index in [0.29, 0.717) is 16.0 Å². The second-order valence-corrected chi connectivity index (χ2v) is 5.49. The van der Waals surface area contributed by atoms with Gasteiger partial charge >= 0.3 is 6.18 Å². The largest absolute Gasteiger partial charge is 0.435 e. The van der Waals surface area contributed by atoms with Gasteiger partial charge in [0.25, 0.3) is 12.4 Å². The van der Waals surface area contributed by atoms with E-state index in [-0.39, 0.29) is 10.8 Å². The Kier molecular flexibility index (Phi) is 3.91. The minimum atomic E-state index is -4.85. The van der Waals surface area contributed by atoms with E-state index in [1.165, 1.54) is 18.5 Å². The van der Waals surface area contributed by atoms with Crippen molar-refractivity contribution in [3.05, 3.63) is 35.4 Å². The highest BCUT2D eigenvalue weighted by molar-refractivity contribution is 7.15. The lowest BCUT2D eigenvalue weighted by molar-refractivity contribution is -0.140. The topological polar surface area (TPSA) is 82.5 Å². The Morgan fingerprint density at radius 3 is 2.33 bits per heavy atom. The van der Waals surface area contributed by atoms with Crippen LogP contribution in [0.4, 0.5) is 27.8 Å². The smallest absolute Gasteiger partial charge is 0.383 e. The number of rotatable bonds is 3. The Hall–Kier alpha value is -2.63. The summed E-state index contributed by atoms with van der Waals surface area (Å²) in [6.45, 7) is 0. The fraction of sp³-hybridized carbons (Fsp3) is 0.167. The Morgan fingerprint density at radius 2 is 1.79 bits per heavy atom. The molecule has 0 unspecified atom stereocenters. The molecule has 24 heavy (non-hydrogen) atoms. The van der Waals surface area contributed by atoms with Gasteiger partial charge in [0.15, 0.2) is 10.7 Å². The van der Waals surface area contributed by atoms with Crippen molar-refractivity contribution in [1.82, 2.24) is 24.7 Å². The summed E-state index contributed by atoms with van der Waals surface area (Å²) in [6, 6.07) is 1.47. The van der Waals surface area contributed by atoms with Gasteiger partial charge in [-0.2, -0.15) is 23.0 Å². The first-order valence-electron chi connectivity index (χ1n) is 6.26. The van der Waals surface area contributed by atoms with E-state index in [0.717, 1.165) is 6.20 Å². The van der Waals surface area contributed by atoms with Gasteiger partial charge in [-0.25, -0.2) is 23.7 Å². The molecular weight excluding hydrogens is 355 g/mol. The Bertz CT molecular complexity index is 857. The lowest BCUT2D eigenvalue weighted by Gasteiger charge is -2.04. The van der Waals surface area contributed by atoms with Gasteiger partial charge in [-0.3, -0.25) is 0 Å². The van der Waals surface area contributed by atoms with Gasteiger partial charge in [0.2, 0.25) is 0 Å². The molecular formula is C12H7F5N6S. The highest BCUT2D eigenvalue weighted by Gasteiger charge is 2.40. The molecule has 0 radical (unpaired) electrons. The molecule has 0 amide bonds. The summed E-state index contributed by atoms with van der Waals surface area (Å²) in [5.41, 5.74) is 3.91. The Labute approximate surface area is 134 Å². The Morgan fingerprint density at radius 1 is 1.12 bits per heavy atom. The molecule has 3 rings (SSSR count). The molecule has 0 saturated heterocycles. The van der Waals surface area contributed by atoms with Crippen LogP contribution in [0.25, 0.3) is 16.4 Å². The fourth-order valence-electron chi connectivity index (χ4n) is 1.93. The molecule has 0 aliphatic carbocycles. The van der Waals surface area contributed by atoms with Gasteiger partial charge in [-0.05, 0) is 6.07 Å². The third kappa shape index (κ3) is 2.79. The number of hydrogen-bond donors (Lipinski definition) is 1. The first kappa shape index (κ1) is 16.2. The molecule has 0 aliphatic heterocycles. The molecule has 126 valence electrons. The van der Waals surface area contributed by atoms with Crippen molar-refractivity contribution in [3.63, 3.8) is 0 Å². The van der Waals surface area contributed by atoms with Crippen LogP contribution < -0.4 is 5.73 Å². The summed E-state index contributed by atoms with van der Waals surface area (Å²) >= 11 is 0.412. The van der Waals surface area contributed by atoms with Crippen LogP contribution in [0.15, 0.2) is 24.7 Å². The first-order chi connectivity index (χ1) is 11.3. The van der Waals surface area contributed by atoms with Gasteiger partial charge in [0, 0.05) is 18.6 Å². The number of aromatic nitrogens is 5. The molecule has 0 spiro atoms. The summed E-state index contributed by atoms with van der Waals surface area (Å²) in [5, 5.41) is 2.80. The molecule has 0 bridgehead atoms. The number of nitrogens with zero attached hydrogens (tertiary/aromatic N) is 5. The number of nitrogens with two attached hydrogens (primary N) is 1. The van der Waals surface area contributed by atoms with Crippen LogP contribution in [-0.2, 0) is 6.18 Å². The zero-order valence-electron chi connectivity index (χ0n) is 11.5. The summed E-state index contributed by atoms with van der Waals surface area (Å²) in [6.07, 6.45) is -4.23. The third-order valence-corrected chi connectivity index (χ3v) is 3.91. The molecule has 2 N–H and O–H groups in total. The van der Waals surface area contributed by atoms with E-state index in [2.05, 4.69) is 20.1 Å². The zero-order valence-corrected chi connectivity index (χ0v) is 12.3. The number of alkyl halides is 5. The average Bonchev–Trinajstić information content (AvgIpc) is 3.12. The van der Waals surface area contributed by atoms with Crippen LogP contribution in [0.5, 0.6) is 0 Å². The molecule has 0 aliphatic rings. The van der Waals surface area contributed by atoms with E-state index in [1.807, 2.05) is 0 Å². The van der Waals surface area contributed by atoms with Crippen molar-refractivity contribution in [2.24, 2.45) is 0 Å². The highest BCUT2D eigenvalue weighted by atomic mass is 32.1. The third-order valence-electron chi connectivity index (χ3n) is 2.89. The number of hydrogen-bond acceptors (Lipinski definition) is 6. The Balaban J connectivity index is 2.22. The number of nitrogen functional groups attached to an aromatic ring is 1. The van der Waals surface area contributed by atoms with E-state index < -0.39 is 34.7 Å². The molecule has 0 aromatic carbocycles. The van der Waals surface area contributed by atoms with Crippen LogP contribution in [0.2, 0.25) is 0 Å². The molecule has 0 fully saturated rings. The number of thiazole rings is 1. The molecule has 0 saturated carbocycles. The van der Waals surface area contributed by atoms with Crippen molar-refractivity contribution in [3.8, 4) is 16.4 Å². The van der Waals surface area contributed by atoms with E-state index >= 15 is 0 Å². The predicted octanol–water partition coefficient (Wildman–Crippen LogP) is 3.32. The van der Waals surface area contributed by atoms with Crippen molar-refractivity contribution in [1.29, 1.82) is 0 Å². The quantitative estimate of drug-likeness (QED) is 0.723. The lowest BCUT2D eigenvalue weighted by atomic mass is 10.2. The second-order valence-electron chi connectivity index (χ2n) is 4.43. The first-order valence-corrected chi connectivity index (χ1v) is 7.08. The molecule has 3 heterocycles. The van der Waals surface area contributed by atoms with E-state index in [1.54, 1.807) is 0 Å². The highest BCUT2D eigenvalue weighted by Crippen LogP contribution is 2.43. The van der Waals surface area contributed by atoms with Crippen molar-refractivity contribution in [2.45, 2.75) is 12.6 Å². The van der Waals surface area contributed by atoms with Gasteiger partial charge in [0.05, 0.1) is 10.4 Å². The standard InChI is InChI=1S/C12H7F5N6S/c13-8(14)10-21-4-5(24-10)6-7(12(15,16)17)22-23(9(6)18)11-19-2-1-3-20-11/h1-4,8H,18H2. The lowest BCUT2D eigenvalue weighted by Crippen LogP contribution is -2.09. The number of anilines is 1. The van der Waals surface area contributed by atoms with Gasteiger partial charge < -0.3 is 5.73 Å². The normalized spacial score (nSPS) is 12.1. The van der Waals surface area contributed by atoms with Crippen molar-refractivity contribution in [2.75, 3.05) is 5.73 Å². The fourth-order valence-corrected chi connectivity index (χ4v) is 2.76. The van der Waals surface area contributed by atoms with Gasteiger partial charge in [-0.15, -0.1) is 11.3 Å². The SMILES string of the molecule is Nc1c(-c2cnc(C(F)F)s2)c(C(F)(F)F)nn1-c1ncccn1. The van der Waals surface area contributed by atoms with Crippen molar-refractivity contribution >= 4 is 17.2 Å². The molecule has 0 atom stereocenters. The molecule has 6 nitrogen and oxygen atoms in total. The maximum absolute atomic E-state index is 13.3. The summed E-state index contributed by atoms with van der Waals surface area (Å²) < 4.78 is 65.8.